The summed E-state index contributed by atoms with van der Waals surface area (Å²) in [5, 5.41) is 13.3. The van der Waals surface area contributed by atoms with Crippen molar-refractivity contribution in [3.63, 3.8) is 0 Å². The predicted molar refractivity (Wildman–Crippen MR) is 83.2 cm³/mol. The SMILES string of the molecule is CC(C)(O)C(C)(C)NC(=O)COc1ccc(Cl)cc1Br. The fourth-order valence-electron chi connectivity index (χ4n) is 1.27. The molecule has 0 radical (unpaired) electrons. The van der Waals surface area contributed by atoms with E-state index < -0.39 is 11.1 Å². The lowest BCUT2D eigenvalue weighted by atomic mass is 9.86. The molecule has 6 heteroatoms. The third-order valence-electron chi connectivity index (χ3n) is 3.23. The summed E-state index contributed by atoms with van der Waals surface area (Å²) in [6.07, 6.45) is 0. The van der Waals surface area contributed by atoms with Crippen molar-refractivity contribution < 1.29 is 14.6 Å². The van der Waals surface area contributed by atoms with Crippen LogP contribution < -0.4 is 10.1 Å². The van der Waals surface area contributed by atoms with Gasteiger partial charge in [0.15, 0.2) is 6.61 Å². The average molecular weight is 365 g/mol. The number of ether oxygens (including phenoxy) is 1. The fourth-order valence-corrected chi connectivity index (χ4v) is 2.07. The number of amides is 1. The van der Waals surface area contributed by atoms with Gasteiger partial charge in [0.25, 0.3) is 5.91 Å². The van der Waals surface area contributed by atoms with E-state index in [1.165, 1.54) is 0 Å². The molecule has 20 heavy (non-hydrogen) atoms. The van der Waals surface area contributed by atoms with Crippen LogP contribution >= 0.6 is 27.5 Å². The van der Waals surface area contributed by atoms with Crippen molar-refractivity contribution >= 4 is 33.4 Å². The molecule has 0 heterocycles. The van der Waals surface area contributed by atoms with Gasteiger partial charge in [0, 0.05) is 5.02 Å². The van der Waals surface area contributed by atoms with Crippen LogP contribution in [-0.2, 0) is 4.79 Å². The Bertz CT molecular complexity index is 498. The maximum Gasteiger partial charge on any atom is 0.258 e. The molecule has 0 saturated heterocycles. The summed E-state index contributed by atoms with van der Waals surface area (Å²) in [5.41, 5.74) is -1.80. The lowest BCUT2D eigenvalue weighted by Gasteiger charge is -2.37. The number of halogens is 2. The van der Waals surface area contributed by atoms with Crippen LogP contribution in [0, 0.1) is 0 Å². The first-order valence-corrected chi connectivity index (χ1v) is 7.31. The van der Waals surface area contributed by atoms with Gasteiger partial charge >= 0.3 is 0 Å². The third-order valence-corrected chi connectivity index (χ3v) is 4.09. The molecule has 0 saturated carbocycles. The lowest BCUT2D eigenvalue weighted by Crippen LogP contribution is -2.58. The molecule has 0 fully saturated rings. The summed E-state index contributed by atoms with van der Waals surface area (Å²) in [4.78, 5) is 11.9. The zero-order valence-corrected chi connectivity index (χ0v) is 14.3. The van der Waals surface area contributed by atoms with Crippen LogP contribution in [0.25, 0.3) is 0 Å². The van der Waals surface area contributed by atoms with Crippen LogP contribution in [0.4, 0.5) is 0 Å². The smallest absolute Gasteiger partial charge is 0.258 e. The second kappa shape index (κ2) is 6.33. The minimum Gasteiger partial charge on any atom is -0.483 e. The molecule has 0 bridgehead atoms. The summed E-state index contributed by atoms with van der Waals surface area (Å²) in [5.74, 6) is 0.226. The normalized spacial score (nSPS) is 12.2. The molecule has 0 spiro atoms. The van der Waals surface area contributed by atoms with Gasteiger partial charge < -0.3 is 15.2 Å². The van der Waals surface area contributed by atoms with Crippen molar-refractivity contribution in [3.8, 4) is 5.75 Å². The van der Waals surface area contributed by atoms with E-state index in [-0.39, 0.29) is 12.5 Å². The van der Waals surface area contributed by atoms with Crippen molar-refractivity contribution in [3.05, 3.63) is 27.7 Å². The predicted octanol–water partition coefficient (Wildman–Crippen LogP) is 3.15. The summed E-state index contributed by atoms with van der Waals surface area (Å²) < 4.78 is 6.09. The van der Waals surface area contributed by atoms with E-state index in [1.807, 2.05) is 0 Å². The Labute approximate surface area is 132 Å². The Balaban J connectivity index is 2.60. The number of aliphatic hydroxyl groups is 1. The quantitative estimate of drug-likeness (QED) is 0.844. The van der Waals surface area contributed by atoms with E-state index in [0.717, 1.165) is 0 Å². The molecule has 0 aliphatic carbocycles. The van der Waals surface area contributed by atoms with Gasteiger partial charge in [0.1, 0.15) is 5.75 Å². The van der Waals surface area contributed by atoms with Crippen LogP contribution in [0.1, 0.15) is 27.7 Å². The zero-order valence-electron chi connectivity index (χ0n) is 12.0. The number of hydrogen-bond acceptors (Lipinski definition) is 3. The van der Waals surface area contributed by atoms with E-state index in [4.69, 9.17) is 16.3 Å². The molecule has 1 amide bonds. The fraction of sp³-hybridized carbons (Fsp3) is 0.500. The number of nitrogens with one attached hydrogen (secondary N) is 1. The van der Waals surface area contributed by atoms with Crippen molar-refractivity contribution in [1.82, 2.24) is 5.32 Å². The van der Waals surface area contributed by atoms with E-state index in [2.05, 4.69) is 21.2 Å². The van der Waals surface area contributed by atoms with Gasteiger partial charge in [-0.25, -0.2) is 0 Å². The van der Waals surface area contributed by atoms with Crippen molar-refractivity contribution in [2.24, 2.45) is 0 Å². The molecule has 0 aliphatic rings. The summed E-state index contributed by atoms with van der Waals surface area (Å²) in [7, 11) is 0. The largest absolute Gasteiger partial charge is 0.483 e. The van der Waals surface area contributed by atoms with E-state index >= 15 is 0 Å². The Kier molecular flexibility index (Phi) is 5.46. The molecule has 4 nitrogen and oxygen atoms in total. The van der Waals surface area contributed by atoms with Crippen molar-refractivity contribution in [2.75, 3.05) is 6.61 Å². The maximum atomic E-state index is 11.9. The summed E-state index contributed by atoms with van der Waals surface area (Å²) in [6, 6.07) is 5.05. The van der Waals surface area contributed by atoms with Gasteiger partial charge in [0.05, 0.1) is 15.6 Å². The molecule has 112 valence electrons. The van der Waals surface area contributed by atoms with E-state index in [0.29, 0.717) is 15.2 Å². The van der Waals surface area contributed by atoms with Crippen molar-refractivity contribution in [1.29, 1.82) is 0 Å². The highest BCUT2D eigenvalue weighted by molar-refractivity contribution is 9.10. The minimum absolute atomic E-state index is 0.139. The molecule has 2 N–H and O–H groups in total. The number of hydrogen-bond donors (Lipinski definition) is 2. The van der Waals surface area contributed by atoms with E-state index in [9.17, 15) is 9.90 Å². The molecule has 0 atom stereocenters. The van der Waals surface area contributed by atoms with E-state index in [1.54, 1.807) is 45.9 Å². The molecule has 1 rings (SSSR count). The minimum atomic E-state index is -1.04. The summed E-state index contributed by atoms with van der Waals surface area (Å²) >= 11 is 9.13. The number of carbonyl (C=O) groups is 1. The number of rotatable bonds is 5. The highest BCUT2D eigenvalue weighted by atomic mass is 79.9. The van der Waals surface area contributed by atoms with Gasteiger partial charge in [-0.05, 0) is 61.8 Å². The Morgan fingerprint density at radius 2 is 2.00 bits per heavy atom. The monoisotopic (exact) mass is 363 g/mol. The molecule has 1 aromatic rings. The van der Waals surface area contributed by atoms with Crippen LogP contribution in [0.15, 0.2) is 22.7 Å². The molecule has 0 aromatic heterocycles. The number of carbonyl (C=O) groups excluding carboxylic acids is 1. The first kappa shape index (κ1) is 17.3. The zero-order chi connectivity index (χ0) is 15.6. The average Bonchev–Trinajstić information content (AvgIpc) is 2.25. The highest BCUT2D eigenvalue weighted by Gasteiger charge is 2.36. The molecule has 0 aliphatic heterocycles. The Morgan fingerprint density at radius 3 is 2.50 bits per heavy atom. The molecular weight excluding hydrogens is 346 g/mol. The lowest BCUT2D eigenvalue weighted by molar-refractivity contribution is -0.128. The highest BCUT2D eigenvalue weighted by Crippen LogP contribution is 2.28. The van der Waals surface area contributed by atoms with Gasteiger partial charge in [-0.3, -0.25) is 4.79 Å². The maximum absolute atomic E-state index is 11.9. The van der Waals surface area contributed by atoms with Crippen molar-refractivity contribution in [2.45, 2.75) is 38.8 Å². The second-order valence-electron chi connectivity index (χ2n) is 5.60. The molecule has 1 aromatic carbocycles. The van der Waals surface area contributed by atoms with Gasteiger partial charge in [-0.15, -0.1) is 0 Å². The first-order chi connectivity index (χ1) is 9.03. The summed E-state index contributed by atoms with van der Waals surface area (Å²) in [6.45, 7) is 6.65. The van der Waals surface area contributed by atoms with Gasteiger partial charge in [0.2, 0.25) is 0 Å². The topological polar surface area (TPSA) is 58.6 Å². The molecule has 0 unspecified atom stereocenters. The third kappa shape index (κ3) is 4.65. The van der Waals surface area contributed by atoms with Gasteiger partial charge in [-0.2, -0.15) is 0 Å². The van der Waals surface area contributed by atoms with Gasteiger partial charge in [-0.1, -0.05) is 11.6 Å². The molecular formula is C14H19BrClNO3. The van der Waals surface area contributed by atoms with Crippen LogP contribution in [0.3, 0.4) is 0 Å². The first-order valence-electron chi connectivity index (χ1n) is 6.14. The Morgan fingerprint density at radius 1 is 1.40 bits per heavy atom. The van der Waals surface area contributed by atoms with Crippen LogP contribution in [-0.4, -0.2) is 28.8 Å². The Hall–Kier alpha value is -0.780. The number of benzene rings is 1. The second-order valence-corrected chi connectivity index (χ2v) is 6.89. The van der Waals surface area contributed by atoms with Crippen LogP contribution in [0.5, 0.6) is 5.75 Å². The standard InChI is InChI=1S/C14H19BrClNO3/c1-13(2,14(3,4)19)17-12(18)8-20-11-6-5-9(16)7-10(11)15/h5-7,19H,8H2,1-4H3,(H,17,18). The van der Waals surface area contributed by atoms with Crippen LogP contribution in [0.2, 0.25) is 5.02 Å².